The molecule has 1 aromatic carbocycles. The molecule has 0 radical (unpaired) electrons. The third kappa shape index (κ3) is 6.61. The maximum absolute atomic E-state index is 11.9. The van der Waals surface area contributed by atoms with Gasteiger partial charge >= 0.3 is 6.16 Å². The van der Waals surface area contributed by atoms with Crippen molar-refractivity contribution in [3.63, 3.8) is 0 Å². The van der Waals surface area contributed by atoms with Crippen LogP contribution in [0.3, 0.4) is 0 Å². The molecule has 0 saturated carbocycles. The van der Waals surface area contributed by atoms with Gasteiger partial charge in [-0.1, -0.05) is 58.9 Å². The van der Waals surface area contributed by atoms with Crippen molar-refractivity contribution in [1.82, 2.24) is 9.78 Å². The van der Waals surface area contributed by atoms with Crippen molar-refractivity contribution in [3.05, 3.63) is 52.3 Å². The van der Waals surface area contributed by atoms with Crippen LogP contribution in [0.5, 0.6) is 0 Å². The van der Waals surface area contributed by atoms with Crippen molar-refractivity contribution in [2.45, 2.75) is 67.3 Å². The molecule has 0 bridgehead atoms. The number of rotatable bonds is 8. The van der Waals surface area contributed by atoms with Crippen LogP contribution in [-0.4, -0.2) is 29.3 Å². The van der Waals surface area contributed by atoms with Gasteiger partial charge in [0.15, 0.2) is 5.76 Å². The maximum atomic E-state index is 11.9. The van der Waals surface area contributed by atoms with Gasteiger partial charge in [0.2, 0.25) is 6.79 Å². The molecule has 0 spiro atoms. The molecule has 33 heavy (non-hydrogen) atoms. The smallest absolute Gasteiger partial charge is 0.454 e. The van der Waals surface area contributed by atoms with E-state index in [1.165, 1.54) is 0 Å². The highest BCUT2D eigenvalue weighted by molar-refractivity contribution is 5.94. The van der Waals surface area contributed by atoms with Gasteiger partial charge in [-0.3, -0.25) is 4.68 Å². The van der Waals surface area contributed by atoms with E-state index in [4.69, 9.17) is 14.2 Å². The van der Waals surface area contributed by atoms with Gasteiger partial charge in [-0.15, -0.1) is 0 Å². The molecule has 0 atom stereocenters. The third-order valence-electron chi connectivity index (χ3n) is 5.23. The summed E-state index contributed by atoms with van der Waals surface area (Å²) in [5, 5.41) is 14.7. The average Bonchev–Trinajstić information content (AvgIpc) is 3.05. The lowest BCUT2D eigenvalue weighted by molar-refractivity contribution is -0.00949. The summed E-state index contributed by atoms with van der Waals surface area (Å²) in [6, 6.07) is 10.1. The molecule has 0 aliphatic rings. The monoisotopic (exact) mass is 453 g/mol. The Morgan fingerprint density at radius 2 is 1.76 bits per heavy atom. The van der Waals surface area contributed by atoms with Crippen LogP contribution in [0.2, 0.25) is 0 Å². The van der Waals surface area contributed by atoms with E-state index in [-0.39, 0.29) is 24.7 Å². The Morgan fingerprint density at radius 3 is 2.27 bits per heavy atom. The molecule has 1 heterocycles. The molecule has 0 aliphatic heterocycles. The summed E-state index contributed by atoms with van der Waals surface area (Å²) in [4.78, 5) is 11.9. The zero-order valence-electron chi connectivity index (χ0n) is 21.0. The van der Waals surface area contributed by atoms with Crippen molar-refractivity contribution in [3.8, 4) is 6.07 Å². The zero-order valence-corrected chi connectivity index (χ0v) is 21.0. The van der Waals surface area contributed by atoms with Crippen LogP contribution in [-0.2, 0) is 26.2 Å². The lowest BCUT2D eigenvalue weighted by Crippen LogP contribution is -2.15. The molecule has 0 amide bonds. The van der Waals surface area contributed by atoms with Gasteiger partial charge in [0.1, 0.15) is 17.3 Å². The number of carbonyl (C=O) groups excluding carboxylic acids is 1. The first-order valence-electron chi connectivity index (χ1n) is 11.2. The fraction of sp³-hybridized carbons (Fsp3) is 0.500. The fourth-order valence-corrected chi connectivity index (χ4v) is 3.24. The minimum atomic E-state index is -0.812. The summed E-state index contributed by atoms with van der Waals surface area (Å²) in [5.41, 5.74) is 4.63. The number of aromatic nitrogens is 2. The molecule has 0 unspecified atom stereocenters. The Morgan fingerprint density at radius 1 is 1.12 bits per heavy atom. The van der Waals surface area contributed by atoms with E-state index in [1.807, 2.05) is 58.9 Å². The minimum absolute atomic E-state index is 0.00685. The van der Waals surface area contributed by atoms with Crippen LogP contribution in [0.1, 0.15) is 69.6 Å². The number of benzene rings is 1. The molecule has 2 rings (SSSR count). The number of nitrogens with zero attached hydrogens (tertiary/aromatic N) is 3. The number of carbonyl (C=O) groups is 1. The number of hydrogen-bond acceptors (Lipinski definition) is 6. The lowest BCUT2D eigenvalue weighted by atomic mass is 9.86. The molecular formula is C26H35N3O4. The summed E-state index contributed by atoms with van der Waals surface area (Å²) in [5.74, 6) is 0.511. The Bertz CT molecular complexity index is 1040. The first kappa shape index (κ1) is 26.0. The summed E-state index contributed by atoms with van der Waals surface area (Å²) in [6.45, 7) is 16.6. The van der Waals surface area contributed by atoms with Crippen LogP contribution in [0.15, 0.2) is 24.3 Å². The van der Waals surface area contributed by atoms with Gasteiger partial charge in [-0.05, 0) is 43.2 Å². The van der Waals surface area contributed by atoms with Crippen LogP contribution < -0.4 is 0 Å². The zero-order chi connectivity index (χ0) is 24.8. The van der Waals surface area contributed by atoms with E-state index < -0.39 is 6.16 Å². The quantitative estimate of drug-likeness (QED) is 0.211. The molecule has 0 saturated heterocycles. The molecule has 0 aliphatic carbocycles. The van der Waals surface area contributed by atoms with Gasteiger partial charge in [0.25, 0.3) is 0 Å². The van der Waals surface area contributed by atoms with Gasteiger partial charge < -0.3 is 14.2 Å². The number of nitriles is 1. The predicted molar refractivity (Wildman–Crippen MR) is 128 cm³/mol. The molecule has 0 N–H and O–H groups in total. The summed E-state index contributed by atoms with van der Waals surface area (Å²) in [6.07, 6.45) is -0.812. The molecule has 0 fully saturated rings. The second kappa shape index (κ2) is 11.0. The van der Waals surface area contributed by atoms with Crippen molar-refractivity contribution in [2.24, 2.45) is 5.92 Å². The summed E-state index contributed by atoms with van der Waals surface area (Å²) >= 11 is 0. The Labute approximate surface area is 197 Å². The molecule has 7 heteroatoms. The van der Waals surface area contributed by atoms with E-state index >= 15 is 0 Å². The summed E-state index contributed by atoms with van der Waals surface area (Å²) in [7, 11) is 0. The topological polar surface area (TPSA) is 86.4 Å². The van der Waals surface area contributed by atoms with Crippen molar-refractivity contribution >= 4 is 17.5 Å². The fourth-order valence-electron chi connectivity index (χ4n) is 3.24. The number of ether oxygens (including phenoxy) is 3. The second-order valence-corrected chi connectivity index (χ2v) is 9.38. The van der Waals surface area contributed by atoms with E-state index in [0.717, 1.165) is 16.8 Å². The van der Waals surface area contributed by atoms with Gasteiger partial charge in [0.05, 0.1) is 12.3 Å². The van der Waals surface area contributed by atoms with Gasteiger partial charge in [-0.2, -0.15) is 10.4 Å². The van der Waals surface area contributed by atoms with E-state index in [0.29, 0.717) is 29.1 Å². The first-order valence-corrected chi connectivity index (χ1v) is 11.2. The van der Waals surface area contributed by atoms with Crippen molar-refractivity contribution in [2.75, 3.05) is 13.4 Å². The molecule has 178 valence electrons. The van der Waals surface area contributed by atoms with Gasteiger partial charge in [-0.25, -0.2) is 4.79 Å². The van der Waals surface area contributed by atoms with Crippen LogP contribution in [0, 0.1) is 31.1 Å². The average molecular weight is 454 g/mol. The maximum Gasteiger partial charge on any atom is 0.511 e. The standard InChI is InChI=1S/C26H35N3O4/c1-9-29-23(18(4)19(5)28-29)24(32-16-33-25(30)31-15-17(2)3)22(14-27)20-10-12-21(13-11-20)26(6,7)8/h10-13,17H,9,15-16H2,1-8H3/b24-22-. The van der Waals surface area contributed by atoms with Gasteiger partial charge in [0, 0.05) is 12.1 Å². The number of allylic oxidation sites excluding steroid dienone is 1. The lowest BCUT2D eigenvalue weighted by Gasteiger charge is -2.19. The van der Waals surface area contributed by atoms with Crippen LogP contribution in [0.25, 0.3) is 11.3 Å². The molecule has 1 aromatic heterocycles. The third-order valence-corrected chi connectivity index (χ3v) is 5.23. The Kier molecular flexibility index (Phi) is 8.69. The van der Waals surface area contributed by atoms with Crippen LogP contribution >= 0.6 is 0 Å². The van der Waals surface area contributed by atoms with Crippen molar-refractivity contribution < 1.29 is 19.0 Å². The van der Waals surface area contributed by atoms with Crippen LogP contribution in [0.4, 0.5) is 4.79 Å². The Balaban J connectivity index is 2.48. The number of hydrogen-bond donors (Lipinski definition) is 0. The first-order chi connectivity index (χ1) is 15.5. The predicted octanol–water partition coefficient (Wildman–Crippen LogP) is 5.99. The van der Waals surface area contributed by atoms with Crippen molar-refractivity contribution in [1.29, 1.82) is 5.26 Å². The molecular weight excluding hydrogens is 418 g/mol. The highest BCUT2D eigenvalue weighted by atomic mass is 16.8. The summed E-state index contributed by atoms with van der Waals surface area (Å²) < 4.78 is 17.9. The highest BCUT2D eigenvalue weighted by Gasteiger charge is 2.23. The van der Waals surface area contributed by atoms with E-state index in [2.05, 4.69) is 31.9 Å². The Hall–Kier alpha value is -3.27. The number of aryl methyl sites for hydroxylation is 2. The van der Waals surface area contributed by atoms with E-state index in [9.17, 15) is 10.1 Å². The largest absolute Gasteiger partial charge is 0.511 e. The molecule has 2 aromatic rings. The minimum Gasteiger partial charge on any atom is -0.454 e. The highest BCUT2D eigenvalue weighted by Crippen LogP contribution is 2.32. The normalized spacial score (nSPS) is 12.2. The molecule has 7 nitrogen and oxygen atoms in total. The van der Waals surface area contributed by atoms with E-state index in [1.54, 1.807) is 4.68 Å². The second-order valence-electron chi connectivity index (χ2n) is 9.38. The SMILES string of the molecule is CCn1nc(C)c(C)c1/C(OCOC(=O)OCC(C)C)=C(\C#N)c1ccc(C(C)(C)C)cc1.